The summed E-state index contributed by atoms with van der Waals surface area (Å²) in [6, 6.07) is 16.5. The molecule has 2 heterocycles. The Morgan fingerprint density at radius 2 is 1.97 bits per heavy atom. The largest absolute Gasteiger partial charge is 0.507 e. The van der Waals surface area contributed by atoms with Crippen molar-refractivity contribution < 1.29 is 9.90 Å². The van der Waals surface area contributed by atoms with Crippen molar-refractivity contribution in [2.24, 2.45) is 0 Å². The second-order valence-electron chi connectivity index (χ2n) is 7.18. The van der Waals surface area contributed by atoms with Gasteiger partial charge in [-0.1, -0.05) is 29.8 Å². The number of nitrogens with one attached hydrogen (secondary N) is 2. The average molecular weight is 480 g/mol. The monoisotopic (exact) mass is 479 g/mol. The van der Waals surface area contributed by atoms with Crippen LogP contribution in [0.1, 0.15) is 22.3 Å². The lowest BCUT2D eigenvalue weighted by Crippen LogP contribution is -2.26. The fourth-order valence-electron chi connectivity index (χ4n) is 3.29. The van der Waals surface area contributed by atoms with Crippen molar-refractivity contribution in [3.05, 3.63) is 76.4 Å². The maximum atomic E-state index is 12.3. The third kappa shape index (κ3) is 4.69. The smallest absolute Gasteiger partial charge is 0.251 e. The minimum Gasteiger partial charge on any atom is -0.507 e. The van der Waals surface area contributed by atoms with Gasteiger partial charge >= 0.3 is 0 Å². The van der Waals surface area contributed by atoms with E-state index < -0.39 is 0 Å². The SMILES string of the molecule is Cc1cccc(C(=O)NCCCNc2cc(-c3ccccc3O)nc3c(Br)cnn23)c1. The Bertz CT molecular complexity index is 1240. The minimum atomic E-state index is -0.0761. The normalized spacial score (nSPS) is 10.9. The van der Waals surface area contributed by atoms with Crippen LogP contribution in [-0.4, -0.2) is 38.7 Å². The highest BCUT2D eigenvalue weighted by Gasteiger charge is 2.13. The molecule has 3 N–H and O–H groups in total. The van der Waals surface area contributed by atoms with E-state index in [1.807, 2.05) is 49.4 Å². The first-order chi connectivity index (χ1) is 15.0. The Balaban J connectivity index is 1.43. The Labute approximate surface area is 188 Å². The number of aromatic hydroxyl groups is 1. The lowest BCUT2D eigenvalue weighted by molar-refractivity contribution is 0.0953. The van der Waals surface area contributed by atoms with Crippen molar-refractivity contribution in [2.75, 3.05) is 18.4 Å². The molecular weight excluding hydrogens is 458 g/mol. The van der Waals surface area contributed by atoms with E-state index in [9.17, 15) is 9.90 Å². The number of hydrogen-bond donors (Lipinski definition) is 3. The summed E-state index contributed by atoms with van der Waals surface area (Å²) in [5.41, 5.74) is 3.66. The number of phenols is 1. The molecule has 7 nitrogen and oxygen atoms in total. The van der Waals surface area contributed by atoms with Crippen LogP contribution in [0, 0.1) is 6.92 Å². The Morgan fingerprint density at radius 1 is 1.13 bits per heavy atom. The first-order valence-electron chi connectivity index (χ1n) is 9.94. The zero-order valence-corrected chi connectivity index (χ0v) is 18.6. The van der Waals surface area contributed by atoms with Gasteiger partial charge in [-0.2, -0.15) is 9.61 Å². The van der Waals surface area contributed by atoms with Crippen LogP contribution in [-0.2, 0) is 0 Å². The minimum absolute atomic E-state index is 0.0761. The number of para-hydroxylation sites is 1. The number of amides is 1. The molecule has 0 fully saturated rings. The highest BCUT2D eigenvalue weighted by Crippen LogP contribution is 2.30. The van der Waals surface area contributed by atoms with E-state index in [0.29, 0.717) is 35.6 Å². The van der Waals surface area contributed by atoms with Gasteiger partial charge in [0.1, 0.15) is 11.6 Å². The van der Waals surface area contributed by atoms with Crippen molar-refractivity contribution in [1.29, 1.82) is 0 Å². The second kappa shape index (κ2) is 9.18. The molecule has 158 valence electrons. The molecule has 0 bridgehead atoms. The number of fused-ring (bicyclic) bond motifs is 1. The predicted octanol–water partition coefficient (Wildman–Crippen LogP) is 4.40. The summed E-state index contributed by atoms with van der Waals surface area (Å²) < 4.78 is 2.47. The number of hydrogen-bond acceptors (Lipinski definition) is 5. The number of carbonyl (C=O) groups is 1. The third-order valence-corrected chi connectivity index (χ3v) is 5.39. The van der Waals surface area contributed by atoms with Crippen molar-refractivity contribution in [3.63, 3.8) is 0 Å². The quantitative estimate of drug-likeness (QED) is 0.341. The van der Waals surface area contributed by atoms with E-state index in [4.69, 9.17) is 0 Å². The topological polar surface area (TPSA) is 91.5 Å². The number of benzene rings is 2. The van der Waals surface area contributed by atoms with E-state index in [-0.39, 0.29) is 11.7 Å². The third-order valence-electron chi connectivity index (χ3n) is 4.83. The number of carbonyl (C=O) groups excluding carboxylic acids is 1. The van der Waals surface area contributed by atoms with E-state index in [1.165, 1.54) is 0 Å². The van der Waals surface area contributed by atoms with Gasteiger partial charge in [0.25, 0.3) is 5.91 Å². The summed E-state index contributed by atoms with van der Waals surface area (Å²) in [7, 11) is 0. The average Bonchev–Trinajstić information content (AvgIpc) is 3.14. The molecule has 8 heteroatoms. The lowest BCUT2D eigenvalue weighted by Gasteiger charge is -2.12. The lowest BCUT2D eigenvalue weighted by atomic mass is 10.1. The fraction of sp³-hybridized carbons (Fsp3) is 0.174. The van der Waals surface area contributed by atoms with Gasteiger partial charge < -0.3 is 15.7 Å². The van der Waals surface area contributed by atoms with Gasteiger partial charge in [0.05, 0.1) is 16.4 Å². The van der Waals surface area contributed by atoms with Gasteiger partial charge in [-0.25, -0.2) is 4.98 Å². The molecule has 0 saturated carbocycles. The predicted molar refractivity (Wildman–Crippen MR) is 124 cm³/mol. The van der Waals surface area contributed by atoms with Crippen LogP contribution < -0.4 is 10.6 Å². The van der Waals surface area contributed by atoms with Crippen molar-refractivity contribution in [1.82, 2.24) is 19.9 Å². The zero-order chi connectivity index (χ0) is 21.8. The molecule has 4 rings (SSSR count). The molecule has 0 radical (unpaired) electrons. The van der Waals surface area contributed by atoms with Crippen LogP contribution in [0.3, 0.4) is 0 Å². The molecule has 0 aliphatic heterocycles. The van der Waals surface area contributed by atoms with E-state index >= 15 is 0 Å². The standard InChI is InChI=1S/C23H22BrN5O2/c1-15-6-4-7-16(12-15)23(31)26-11-5-10-25-21-13-19(17-8-2-3-9-20(17)30)28-22-18(24)14-27-29(21)22/h2-4,6-9,12-14,25,30H,5,10-11H2,1H3,(H,26,31). The second-order valence-corrected chi connectivity index (χ2v) is 8.03. The maximum Gasteiger partial charge on any atom is 0.251 e. The Morgan fingerprint density at radius 3 is 2.77 bits per heavy atom. The van der Waals surface area contributed by atoms with Crippen molar-refractivity contribution in [2.45, 2.75) is 13.3 Å². The molecule has 2 aromatic carbocycles. The van der Waals surface area contributed by atoms with Crippen LogP contribution in [0.5, 0.6) is 5.75 Å². The highest BCUT2D eigenvalue weighted by atomic mass is 79.9. The van der Waals surface area contributed by atoms with Crippen LogP contribution in [0.25, 0.3) is 16.9 Å². The molecule has 2 aromatic heterocycles. The molecular formula is C23H22BrN5O2. The summed E-state index contributed by atoms with van der Waals surface area (Å²) in [4.78, 5) is 16.9. The van der Waals surface area contributed by atoms with Crippen LogP contribution in [0.4, 0.5) is 5.82 Å². The number of nitrogens with zero attached hydrogens (tertiary/aromatic N) is 3. The van der Waals surface area contributed by atoms with E-state index in [1.54, 1.807) is 22.8 Å². The number of anilines is 1. The molecule has 0 unspecified atom stereocenters. The molecule has 1 amide bonds. The Kier molecular flexibility index (Phi) is 6.18. The van der Waals surface area contributed by atoms with Crippen LogP contribution in [0.15, 0.2) is 65.3 Å². The molecule has 0 aliphatic carbocycles. The molecule has 4 aromatic rings. The van der Waals surface area contributed by atoms with Gasteiger partial charge in [0, 0.05) is 30.3 Å². The summed E-state index contributed by atoms with van der Waals surface area (Å²) in [6.45, 7) is 3.14. The van der Waals surface area contributed by atoms with E-state index in [2.05, 4.69) is 36.6 Å². The van der Waals surface area contributed by atoms with Gasteiger partial charge in [-0.15, -0.1) is 0 Å². The number of phenolic OH excluding ortho intramolecular Hbond substituents is 1. The van der Waals surface area contributed by atoms with Gasteiger partial charge in [0.15, 0.2) is 5.65 Å². The first kappa shape index (κ1) is 20.9. The molecule has 0 atom stereocenters. The fourth-order valence-corrected chi connectivity index (χ4v) is 3.63. The highest BCUT2D eigenvalue weighted by molar-refractivity contribution is 9.10. The first-order valence-corrected chi connectivity index (χ1v) is 10.7. The van der Waals surface area contributed by atoms with E-state index in [0.717, 1.165) is 22.3 Å². The van der Waals surface area contributed by atoms with Gasteiger partial charge in [-0.3, -0.25) is 4.79 Å². The molecule has 0 spiro atoms. The number of rotatable bonds is 7. The number of aromatic nitrogens is 3. The number of halogens is 1. The Hall–Kier alpha value is -3.39. The van der Waals surface area contributed by atoms with Crippen LogP contribution >= 0.6 is 15.9 Å². The summed E-state index contributed by atoms with van der Waals surface area (Å²) >= 11 is 3.48. The van der Waals surface area contributed by atoms with Gasteiger partial charge in [-0.05, 0) is 53.5 Å². The summed E-state index contributed by atoms with van der Waals surface area (Å²) in [5, 5.41) is 20.9. The van der Waals surface area contributed by atoms with Crippen LogP contribution in [0.2, 0.25) is 0 Å². The zero-order valence-electron chi connectivity index (χ0n) is 17.0. The molecule has 0 aliphatic rings. The van der Waals surface area contributed by atoms with Crippen molar-refractivity contribution in [3.8, 4) is 17.0 Å². The number of aryl methyl sites for hydroxylation is 1. The summed E-state index contributed by atoms with van der Waals surface area (Å²) in [6.07, 6.45) is 2.42. The van der Waals surface area contributed by atoms with Gasteiger partial charge in [0.2, 0.25) is 0 Å². The maximum absolute atomic E-state index is 12.3. The van der Waals surface area contributed by atoms with Crippen molar-refractivity contribution >= 4 is 33.3 Å². The molecule has 0 saturated heterocycles. The molecule has 31 heavy (non-hydrogen) atoms. The summed E-state index contributed by atoms with van der Waals surface area (Å²) in [5.74, 6) is 0.839.